The molecule has 0 aromatic heterocycles. The molecule has 0 aliphatic rings. The molecule has 2 rings (SSSR count). The summed E-state index contributed by atoms with van der Waals surface area (Å²) < 4.78 is 0. The highest BCUT2D eigenvalue weighted by molar-refractivity contribution is 6.01. The quantitative estimate of drug-likeness (QED) is 0.453. The predicted molar refractivity (Wildman–Crippen MR) is 79.5 cm³/mol. The van der Waals surface area contributed by atoms with Crippen molar-refractivity contribution in [3.63, 3.8) is 0 Å². The number of rotatable bonds is 3. The minimum Gasteiger partial charge on any atom is -0.411 e. The Hall–Kier alpha value is -2.82. The Labute approximate surface area is 116 Å². The monoisotopic (exact) mass is 269 g/mol. The number of carbonyl (C=O) groups excluding carboxylic acids is 1. The van der Waals surface area contributed by atoms with Crippen molar-refractivity contribution in [1.29, 1.82) is 0 Å². The molecule has 5 heteroatoms. The number of oxime groups is 1. The molecule has 0 spiro atoms. The topological polar surface area (TPSA) is 73.7 Å². The van der Waals surface area contributed by atoms with Gasteiger partial charge in [0, 0.05) is 11.4 Å². The summed E-state index contributed by atoms with van der Waals surface area (Å²) >= 11 is 0. The van der Waals surface area contributed by atoms with Crippen molar-refractivity contribution in [2.24, 2.45) is 5.16 Å². The molecule has 0 saturated carbocycles. The van der Waals surface area contributed by atoms with Crippen molar-refractivity contribution in [1.82, 2.24) is 0 Å². The van der Waals surface area contributed by atoms with Gasteiger partial charge < -0.3 is 15.8 Å². The number of amides is 2. The summed E-state index contributed by atoms with van der Waals surface area (Å²) in [6.07, 6.45) is 0. The van der Waals surface area contributed by atoms with Gasteiger partial charge in [-0.25, -0.2) is 4.79 Å². The summed E-state index contributed by atoms with van der Waals surface area (Å²) in [6.45, 7) is 1.70. The molecule has 5 nitrogen and oxygen atoms in total. The molecule has 2 amide bonds. The molecule has 0 fully saturated rings. The lowest BCUT2D eigenvalue weighted by Gasteiger charge is -2.08. The van der Waals surface area contributed by atoms with E-state index in [1.165, 1.54) is 0 Å². The van der Waals surface area contributed by atoms with E-state index < -0.39 is 0 Å². The van der Waals surface area contributed by atoms with E-state index in [2.05, 4.69) is 15.8 Å². The smallest absolute Gasteiger partial charge is 0.323 e. The highest BCUT2D eigenvalue weighted by atomic mass is 16.4. The van der Waals surface area contributed by atoms with Crippen LogP contribution in [0.1, 0.15) is 12.5 Å². The molecule has 0 unspecified atom stereocenters. The van der Waals surface area contributed by atoms with E-state index in [1.807, 2.05) is 30.3 Å². The number of para-hydroxylation sites is 1. The molecular weight excluding hydrogens is 254 g/mol. The number of hydrogen-bond acceptors (Lipinski definition) is 3. The molecule has 0 atom stereocenters. The number of benzene rings is 2. The molecule has 0 saturated heterocycles. The third-order valence-electron chi connectivity index (χ3n) is 2.74. The Morgan fingerprint density at radius 1 is 0.950 bits per heavy atom. The van der Waals surface area contributed by atoms with Crippen LogP contribution in [0.2, 0.25) is 0 Å². The molecule has 3 N–H and O–H groups in total. The van der Waals surface area contributed by atoms with Gasteiger partial charge in [-0.05, 0) is 36.8 Å². The molecular formula is C15H15N3O2. The lowest BCUT2D eigenvalue weighted by Crippen LogP contribution is -2.19. The van der Waals surface area contributed by atoms with Gasteiger partial charge in [0.25, 0.3) is 0 Å². The van der Waals surface area contributed by atoms with Gasteiger partial charge in [-0.15, -0.1) is 0 Å². The summed E-state index contributed by atoms with van der Waals surface area (Å²) in [5.41, 5.74) is 2.70. The van der Waals surface area contributed by atoms with Crippen LogP contribution in [0.4, 0.5) is 16.2 Å². The maximum absolute atomic E-state index is 11.8. The zero-order chi connectivity index (χ0) is 14.4. The Balaban J connectivity index is 1.98. The minimum atomic E-state index is -0.309. The minimum absolute atomic E-state index is 0.309. The van der Waals surface area contributed by atoms with Crippen molar-refractivity contribution in [3.05, 3.63) is 60.2 Å². The van der Waals surface area contributed by atoms with E-state index in [-0.39, 0.29) is 6.03 Å². The molecule has 0 aliphatic heterocycles. The average Bonchev–Trinajstić information content (AvgIpc) is 2.48. The zero-order valence-corrected chi connectivity index (χ0v) is 11.0. The highest BCUT2D eigenvalue weighted by Crippen LogP contribution is 2.11. The first-order valence-corrected chi connectivity index (χ1v) is 6.11. The Morgan fingerprint density at radius 2 is 1.50 bits per heavy atom. The summed E-state index contributed by atoms with van der Waals surface area (Å²) in [4.78, 5) is 11.8. The fourth-order valence-corrected chi connectivity index (χ4v) is 1.67. The molecule has 0 heterocycles. The van der Waals surface area contributed by atoms with Crippen LogP contribution in [0.25, 0.3) is 0 Å². The third-order valence-corrected chi connectivity index (χ3v) is 2.74. The van der Waals surface area contributed by atoms with Gasteiger partial charge in [0.2, 0.25) is 0 Å². The third kappa shape index (κ3) is 3.58. The number of nitrogens with zero attached hydrogens (tertiary/aromatic N) is 1. The molecule has 20 heavy (non-hydrogen) atoms. The molecule has 2 aromatic rings. The number of hydrogen-bond donors (Lipinski definition) is 3. The van der Waals surface area contributed by atoms with Gasteiger partial charge in [-0.1, -0.05) is 35.5 Å². The number of anilines is 2. The van der Waals surface area contributed by atoms with Crippen LogP contribution < -0.4 is 10.6 Å². The standard InChI is InChI=1S/C15H15N3O2/c1-11(18-20)12-7-9-14(10-8-12)17-15(19)16-13-5-3-2-4-6-13/h2-10,20H,1H3,(H2,16,17,19)/b18-11-. The number of urea groups is 1. The van der Waals surface area contributed by atoms with E-state index in [0.29, 0.717) is 11.4 Å². The van der Waals surface area contributed by atoms with E-state index in [9.17, 15) is 4.79 Å². The van der Waals surface area contributed by atoms with E-state index in [4.69, 9.17) is 5.21 Å². The van der Waals surface area contributed by atoms with Crippen LogP contribution in [0.15, 0.2) is 59.8 Å². The first-order chi connectivity index (χ1) is 9.69. The second-order valence-corrected chi connectivity index (χ2v) is 4.21. The van der Waals surface area contributed by atoms with Gasteiger partial charge in [-0.3, -0.25) is 0 Å². The normalized spacial score (nSPS) is 10.9. The zero-order valence-electron chi connectivity index (χ0n) is 11.0. The molecule has 2 aromatic carbocycles. The van der Waals surface area contributed by atoms with Crippen LogP contribution >= 0.6 is 0 Å². The van der Waals surface area contributed by atoms with Crippen LogP contribution in [-0.2, 0) is 0 Å². The van der Waals surface area contributed by atoms with Crippen molar-refractivity contribution in [2.45, 2.75) is 6.92 Å². The largest absolute Gasteiger partial charge is 0.411 e. The Kier molecular flexibility index (Phi) is 4.34. The summed E-state index contributed by atoms with van der Waals surface area (Å²) in [5, 5.41) is 17.2. The van der Waals surface area contributed by atoms with Crippen molar-refractivity contribution in [3.8, 4) is 0 Å². The van der Waals surface area contributed by atoms with Gasteiger partial charge >= 0.3 is 6.03 Å². The maximum atomic E-state index is 11.8. The van der Waals surface area contributed by atoms with Crippen molar-refractivity contribution < 1.29 is 10.0 Å². The molecule has 0 radical (unpaired) electrons. The summed E-state index contributed by atoms with van der Waals surface area (Å²) in [7, 11) is 0. The lowest BCUT2D eigenvalue weighted by atomic mass is 10.1. The maximum Gasteiger partial charge on any atom is 0.323 e. The van der Waals surface area contributed by atoms with Gasteiger partial charge in [0.15, 0.2) is 0 Å². The van der Waals surface area contributed by atoms with Crippen LogP contribution in [0.3, 0.4) is 0 Å². The number of nitrogens with one attached hydrogen (secondary N) is 2. The summed E-state index contributed by atoms with van der Waals surface area (Å²) in [5.74, 6) is 0. The molecule has 0 aliphatic carbocycles. The van der Waals surface area contributed by atoms with E-state index in [0.717, 1.165) is 11.3 Å². The first kappa shape index (κ1) is 13.6. The fraction of sp³-hybridized carbons (Fsp3) is 0.0667. The van der Waals surface area contributed by atoms with Crippen molar-refractivity contribution >= 4 is 23.1 Å². The van der Waals surface area contributed by atoms with Crippen LogP contribution in [-0.4, -0.2) is 17.0 Å². The molecule has 0 bridgehead atoms. The lowest BCUT2D eigenvalue weighted by molar-refractivity contribution is 0.262. The van der Waals surface area contributed by atoms with Gasteiger partial charge in [0.1, 0.15) is 0 Å². The molecule has 102 valence electrons. The fourth-order valence-electron chi connectivity index (χ4n) is 1.67. The second-order valence-electron chi connectivity index (χ2n) is 4.21. The SMILES string of the molecule is C/C(=N/O)c1ccc(NC(=O)Nc2ccccc2)cc1. The first-order valence-electron chi connectivity index (χ1n) is 6.11. The van der Waals surface area contributed by atoms with Gasteiger partial charge in [0.05, 0.1) is 5.71 Å². The van der Waals surface area contributed by atoms with E-state index in [1.54, 1.807) is 31.2 Å². The number of carbonyl (C=O) groups is 1. The van der Waals surface area contributed by atoms with Crippen molar-refractivity contribution in [2.75, 3.05) is 10.6 Å². The summed E-state index contributed by atoms with van der Waals surface area (Å²) in [6, 6.07) is 15.9. The Morgan fingerprint density at radius 3 is 2.05 bits per heavy atom. The van der Waals surface area contributed by atoms with Crippen LogP contribution in [0.5, 0.6) is 0 Å². The second kappa shape index (κ2) is 6.38. The van der Waals surface area contributed by atoms with Gasteiger partial charge in [-0.2, -0.15) is 0 Å². The highest BCUT2D eigenvalue weighted by Gasteiger charge is 2.03. The average molecular weight is 269 g/mol. The Bertz CT molecular complexity index is 607. The van der Waals surface area contributed by atoms with E-state index >= 15 is 0 Å². The predicted octanol–water partition coefficient (Wildman–Crippen LogP) is 3.53. The van der Waals surface area contributed by atoms with Crippen LogP contribution in [0, 0.1) is 0 Å².